The Hall–Kier alpha value is -3.46. The van der Waals surface area contributed by atoms with E-state index < -0.39 is 23.2 Å². The second-order valence-corrected chi connectivity index (χ2v) is 7.32. The molecule has 1 aliphatic heterocycles. The van der Waals surface area contributed by atoms with Gasteiger partial charge in [-0.25, -0.2) is 4.79 Å². The third-order valence-corrected chi connectivity index (χ3v) is 5.46. The van der Waals surface area contributed by atoms with Crippen LogP contribution in [0, 0.1) is 0 Å². The van der Waals surface area contributed by atoms with Gasteiger partial charge < -0.3 is 35.1 Å². The summed E-state index contributed by atoms with van der Waals surface area (Å²) in [7, 11) is 2.02. The average Bonchev–Trinajstić information content (AvgIpc) is 3.00. The van der Waals surface area contributed by atoms with Crippen molar-refractivity contribution >= 4 is 22.7 Å². The van der Waals surface area contributed by atoms with Crippen LogP contribution in [0.25, 0.3) is 22.2 Å². The number of H-pyrrole nitrogens is 1. The van der Waals surface area contributed by atoms with E-state index in [0.717, 1.165) is 40.9 Å². The number of aryl methyl sites for hydroxylation is 1. The van der Waals surface area contributed by atoms with E-state index in [9.17, 15) is 14.7 Å². The van der Waals surface area contributed by atoms with E-state index in [2.05, 4.69) is 37.9 Å². The molecular weight excluding hydrogens is 388 g/mol. The molecular formula is C21H24N4O5. The molecule has 3 heterocycles. The lowest BCUT2D eigenvalue weighted by atomic mass is 9.96. The molecule has 30 heavy (non-hydrogen) atoms. The maximum Gasteiger partial charge on any atom is 0.511 e. The van der Waals surface area contributed by atoms with Crippen molar-refractivity contribution < 1.29 is 19.7 Å². The summed E-state index contributed by atoms with van der Waals surface area (Å²) in [6.07, 6.45) is -0.503. The summed E-state index contributed by atoms with van der Waals surface area (Å²) in [5.41, 5.74) is 3.91. The number of hydrogen-bond acceptors (Lipinski definition) is 6. The lowest BCUT2D eigenvalue weighted by Gasteiger charge is -2.20. The standard InChI is InChI=1S/C21H24N4O5/c1-3-22-10-12-7-11-8-14-15(9-16(11)25(12)2)23-6-4-5-13-17(14)24-20(27)19(18(13)26)30-21(28)29/h7-9,22-23H,3-6,10H2,1-2H3,(H,28,29)(H2,24,26,27). The van der Waals surface area contributed by atoms with Gasteiger partial charge >= 0.3 is 6.16 Å². The number of hydrogen-bond donors (Lipinski definition) is 5. The first-order chi connectivity index (χ1) is 14.4. The summed E-state index contributed by atoms with van der Waals surface area (Å²) in [4.78, 5) is 26.1. The predicted molar refractivity (Wildman–Crippen MR) is 113 cm³/mol. The van der Waals surface area contributed by atoms with E-state index in [1.54, 1.807) is 0 Å². The molecule has 2 aromatic heterocycles. The van der Waals surface area contributed by atoms with Crippen molar-refractivity contribution in [3.05, 3.63) is 39.8 Å². The average molecular weight is 412 g/mol. The van der Waals surface area contributed by atoms with Crippen molar-refractivity contribution in [3.63, 3.8) is 0 Å². The van der Waals surface area contributed by atoms with Crippen molar-refractivity contribution in [3.8, 4) is 22.8 Å². The van der Waals surface area contributed by atoms with Crippen LogP contribution in [0.5, 0.6) is 11.5 Å². The Morgan fingerprint density at radius 3 is 2.87 bits per heavy atom. The highest BCUT2D eigenvalue weighted by atomic mass is 16.7. The summed E-state index contributed by atoms with van der Waals surface area (Å²) in [5, 5.41) is 27.2. The van der Waals surface area contributed by atoms with Gasteiger partial charge in [0.1, 0.15) is 0 Å². The van der Waals surface area contributed by atoms with Gasteiger partial charge in [0, 0.05) is 48.0 Å². The number of fused-ring (bicyclic) bond motifs is 4. The minimum Gasteiger partial charge on any atom is -0.504 e. The zero-order chi connectivity index (χ0) is 21.4. The number of aromatic amines is 1. The molecule has 9 nitrogen and oxygen atoms in total. The minimum absolute atomic E-state index is 0.426. The number of nitrogens with one attached hydrogen (secondary N) is 3. The summed E-state index contributed by atoms with van der Waals surface area (Å²) >= 11 is 0. The van der Waals surface area contributed by atoms with E-state index in [1.807, 2.05) is 19.2 Å². The van der Waals surface area contributed by atoms with E-state index in [4.69, 9.17) is 5.11 Å². The second kappa shape index (κ2) is 7.75. The lowest BCUT2D eigenvalue weighted by Crippen LogP contribution is -2.19. The number of benzene rings is 1. The summed E-state index contributed by atoms with van der Waals surface area (Å²) < 4.78 is 6.65. The van der Waals surface area contributed by atoms with Gasteiger partial charge in [-0.05, 0) is 37.6 Å². The van der Waals surface area contributed by atoms with E-state index in [-0.39, 0.29) is 0 Å². The number of ether oxygens (including phenoxy) is 1. The van der Waals surface area contributed by atoms with Gasteiger partial charge in [-0.1, -0.05) is 6.92 Å². The van der Waals surface area contributed by atoms with E-state index >= 15 is 0 Å². The number of pyridine rings is 1. The molecule has 0 fully saturated rings. The summed E-state index contributed by atoms with van der Waals surface area (Å²) in [5.74, 6) is -1.02. The topological polar surface area (TPSA) is 129 Å². The lowest BCUT2D eigenvalue weighted by molar-refractivity contribution is 0.142. The first-order valence-electron chi connectivity index (χ1n) is 9.87. The van der Waals surface area contributed by atoms with Crippen LogP contribution in [0.1, 0.15) is 24.6 Å². The molecule has 1 aliphatic rings. The van der Waals surface area contributed by atoms with Gasteiger partial charge in [-0.3, -0.25) is 4.79 Å². The van der Waals surface area contributed by atoms with Crippen LogP contribution in [0.4, 0.5) is 10.5 Å². The van der Waals surface area contributed by atoms with Crippen molar-refractivity contribution in [2.75, 3.05) is 18.4 Å². The predicted octanol–water partition coefficient (Wildman–Crippen LogP) is 2.76. The van der Waals surface area contributed by atoms with Crippen LogP contribution >= 0.6 is 0 Å². The molecule has 0 bridgehead atoms. The Labute approximate surface area is 172 Å². The van der Waals surface area contributed by atoms with E-state index in [1.165, 1.54) is 0 Å². The monoisotopic (exact) mass is 412 g/mol. The first kappa shape index (κ1) is 19.8. The van der Waals surface area contributed by atoms with Crippen molar-refractivity contribution in [2.24, 2.45) is 7.05 Å². The third-order valence-electron chi connectivity index (χ3n) is 5.46. The van der Waals surface area contributed by atoms with Gasteiger partial charge in [0.05, 0.1) is 11.2 Å². The molecule has 0 spiro atoms. The summed E-state index contributed by atoms with van der Waals surface area (Å²) in [6, 6.07) is 6.10. The molecule has 0 radical (unpaired) electrons. The van der Waals surface area contributed by atoms with Crippen LogP contribution in [0.15, 0.2) is 23.0 Å². The van der Waals surface area contributed by atoms with Crippen LogP contribution in [0.3, 0.4) is 0 Å². The fourth-order valence-electron chi connectivity index (χ4n) is 3.97. The molecule has 9 heteroatoms. The zero-order valence-electron chi connectivity index (χ0n) is 16.8. The Morgan fingerprint density at radius 1 is 1.33 bits per heavy atom. The highest BCUT2D eigenvalue weighted by Gasteiger charge is 2.24. The van der Waals surface area contributed by atoms with Crippen molar-refractivity contribution in [2.45, 2.75) is 26.3 Å². The molecule has 5 N–H and O–H groups in total. The third kappa shape index (κ3) is 3.37. The van der Waals surface area contributed by atoms with Crippen LogP contribution in [-0.2, 0) is 20.0 Å². The number of carbonyl (C=O) groups is 1. The van der Waals surface area contributed by atoms with Crippen LogP contribution in [0.2, 0.25) is 0 Å². The van der Waals surface area contributed by atoms with Gasteiger partial charge in [0.2, 0.25) is 5.75 Å². The smallest absolute Gasteiger partial charge is 0.504 e. The quantitative estimate of drug-likeness (QED) is 0.417. The molecule has 0 saturated carbocycles. The molecule has 1 aromatic carbocycles. The maximum atomic E-state index is 12.5. The second-order valence-electron chi connectivity index (χ2n) is 7.32. The largest absolute Gasteiger partial charge is 0.511 e. The number of aromatic nitrogens is 2. The minimum atomic E-state index is -1.65. The number of carboxylic acid groups (broad SMARTS) is 1. The Morgan fingerprint density at radius 2 is 2.13 bits per heavy atom. The molecule has 0 aliphatic carbocycles. The normalized spacial score (nSPS) is 13.1. The SMILES string of the molecule is CCNCc1cc2cc3c(cc2n1C)NCCCc1c-3[nH]c(=O)c(OC(=O)O)c1O. The number of aromatic hydroxyl groups is 1. The van der Waals surface area contributed by atoms with Crippen molar-refractivity contribution in [1.29, 1.82) is 0 Å². The molecule has 158 valence electrons. The maximum absolute atomic E-state index is 12.5. The first-order valence-corrected chi connectivity index (χ1v) is 9.87. The number of anilines is 1. The highest BCUT2D eigenvalue weighted by molar-refractivity contribution is 5.94. The molecule has 0 unspecified atom stereocenters. The highest BCUT2D eigenvalue weighted by Crippen LogP contribution is 2.40. The molecule has 4 rings (SSSR count). The van der Waals surface area contributed by atoms with Crippen LogP contribution < -0.4 is 20.9 Å². The summed E-state index contributed by atoms with van der Waals surface area (Å²) in [6.45, 7) is 4.33. The van der Waals surface area contributed by atoms with Gasteiger partial charge in [0.25, 0.3) is 5.56 Å². The number of nitrogens with zero attached hydrogens (tertiary/aromatic N) is 1. The van der Waals surface area contributed by atoms with Crippen molar-refractivity contribution in [1.82, 2.24) is 14.9 Å². The van der Waals surface area contributed by atoms with Gasteiger partial charge in [-0.2, -0.15) is 0 Å². The molecule has 0 saturated heterocycles. The number of rotatable bonds is 4. The van der Waals surface area contributed by atoms with Gasteiger partial charge in [-0.15, -0.1) is 0 Å². The van der Waals surface area contributed by atoms with Gasteiger partial charge in [0.15, 0.2) is 5.75 Å². The Kier molecular flexibility index (Phi) is 5.13. The molecule has 3 aromatic rings. The zero-order valence-corrected chi connectivity index (χ0v) is 16.8. The Bertz CT molecular complexity index is 1190. The Balaban J connectivity index is 1.93. The fourth-order valence-corrected chi connectivity index (χ4v) is 3.97. The molecule has 0 atom stereocenters. The van der Waals surface area contributed by atoms with E-state index in [0.29, 0.717) is 30.6 Å². The fraction of sp³-hybridized carbons (Fsp3) is 0.333. The molecule has 0 amide bonds. The van der Waals surface area contributed by atoms with Crippen LogP contribution in [-0.4, -0.2) is 39.0 Å².